The van der Waals surface area contributed by atoms with Crippen molar-refractivity contribution in [2.24, 2.45) is 0 Å². The largest absolute Gasteiger partial charge is 0.356 e. The highest BCUT2D eigenvalue weighted by Gasteiger charge is 2.40. The maximum atomic E-state index is 5.64. The van der Waals surface area contributed by atoms with Crippen molar-refractivity contribution in [2.45, 2.75) is 44.7 Å². The van der Waals surface area contributed by atoms with E-state index in [0.717, 1.165) is 17.1 Å². The zero-order chi connectivity index (χ0) is 11.1. The molecule has 1 aromatic carbocycles. The lowest BCUT2D eigenvalue weighted by Crippen LogP contribution is -2.34. The van der Waals surface area contributed by atoms with Crippen LogP contribution in [0.25, 0.3) is 0 Å². The second-order valence-corrected chi connectivity index (χ2v) is 5.43. The van der Waals surface area contributed by atoms with Crippen LogP contribution >= 0.6 is 12.2 Å². The van der Waals surface area contributed by atoms with Crippen LogP contribution in [-0.4, -0.2) is 22.0 Å². The zero-order valence-corrected chi connectivity index (χ0v) is 10.5. The average Bonchev–Trinajstić information content (AvgIpc) is 2.88. The number of hydrogen-bond acceptors (Lipinski definition) is 1. The van der Waals surface area contributed by atoms with E-state index in [9.17, 15) is 0 Å². The highest BCUT2D eigenvalue weighted by molar-refractivity contribution is 7.80. The van der Waals surface area contributed by atoms with Gasteiger partial charge in [-0.15, -0.1) is 0 Å². The summed E-state index contributed by atoms with van der Waals surface area (Å²) in [5, 5.41) is 0. The Bertz CT molecular complexity index is 389. The van der Waals surface area contributed by atoms with Crippen molar-refractivity contribution in [3.8, 4) is 0 Å². The molecule has 0 aromatic heterocycles. The van der Waals surface area contributed by atoms with E-state index in [4.69, 9.17) is 12.2 Å². The van der Waals surface area contributed by atoms with Gasteiger partial charge in [-0.2, -0.15) is 0 Å². The number of thiocarbonyl (C=S) groups is 1. The average molecular weight is 231 g/mol. The summed E-state index contributed by atoms with van der Waals surface area (Å²) >= 11 is 5.64. The van der Waals surface area contributed by atoms with E-state index in [1.54, 1.807) is 0 Å². The number of fused-ring (bicyclic) bond motifs is 2. The molecule has 1 aromatic rings. The Morgan fingerprint density at radius 3 is 2.06 bits per heavy atom. The van der Waals surface area contributed by atoms with E-state index in [2.05, 4.69) is 36.1 Å². The van der Waals surface area contributed by atoms with Crippen LogP contribution in [0.15, 0.2) is 24.3 Å². The molecule has 0 spiro atoms. The SMILES string of the molecule is Cc1ccc(C(=S)N2C3CCC2CC3)cc1. The lowest BCUT2D eigenvalue weighted by Gasteiger charge is -2.25. The molecular formula is C14H17NS. The quantitative estimate of drug-likeness (QED) is 0.682. The lowest BCUT2D eigenvalue weighted by atomic mass is 10.0. The molecule has 2 bridgehead atoms. The third-order valence-electron chi connectivity index (χ3n) is 3.99. The first-order chi connectivity index (χ1) is 7.75. The van der Waals surface area contributed by atoms with E-state index in [-0.39, 0.29) is 0 Å². The van der Waals surface area contributed by atoms with Crippen LogP contribution in [0.1, 0.15) is 36.8 Å². The topological polar surface area (TPSA) is 3.24 Å². The summed E-state index contributed by atoms with van der Waals surface area (Å²) in [5.41, 5.74) is 2.52. The molecule has 16 heavy (non-hydrogen) atoms. The number of rotatable bonds is 1. The van der Waals surface area contributed by atoms with Crippen LogP contribution in [0.4, 0.5) is 0 Å². The maximum absolute atomic E-state index is 5.64. The van der Waals surface area contributed by atoms with Crippen LogP contribution in [0.5, 0.6) is 0 Å². The summed E-state index contributed by atoms with van der Waals surface area (Å²) in [6.07, 6.45) is 5.38. The smallest absolute Gasteiger partial charge is 0.109 e. The molecule has 0 N–H and O–H groups in total. The van der Waals surface area contributed by atoms with Crippen LogP contribution in [-0.2, 0) is 0 Å². The molecule has 0 amide bonds. The fourth-order valence-corrected chi connectivity index (χ4v) is 3.52. The van der Waals surface area contributed by atoms with Gasteiger partial charge >= 0.3 is 0 Å². The van der Waals surface area contributed by atoms with E-state index in [1.807, 2.05) is 0 Å². The standard InChI is InChI=1S/C14H17NS/c1-10-2-4-11(5-3-10)14(16)15-12-6-7-13(15)9-8-12/h2-5,12-13H,6-9H2,1H3. The molecule has 0 radical (unpaired) electrons. The van der Waals surface area contributed by atoms with Crippen LogP contribution in [0.2, 0.25) is 0 Å². The third-order valence-corrected chi connectivity index (χ3v) is 4.43. The predicted octanol–water partition coefficient (Wildman–Crippen LogP) is 3.30. The molecule has 2 fully saturated rings. The Hall–Kier alpha value is -0.890. The Balaban J connectivity index is 1.85. The molecule has 3 rings (SSSR count). The molecule has 2 aliphatic heterocycles. The molecule has 0 unspecified atom stereocenters. The first-order valence-electron chi connectivity index (χ1n) is 6.15. The first kappa shape index (κ1) is 10.3. The highest BCUT2D eigenvalue weighted by atomic mass is 32.1. The van der Waals surface area contributed by atoms with Crippen LogP contribution < -0.4 is 0 Å². The zero-order valence-electron chi connectivity index (χ0n) is 9.65. The van der Waals surface area contributed by atoms with Crippen molar-refractivity contribution in [3.63, 3.8) is 0 Å². The minimum Gasteiger partial charge on any atom is -0.356 e. The second kappa shape index (κ2) is 3.85. The maximum Gasteiger partial charge on any atom is 0.109 e. The number of hydrogen-bond donors (Lipinski definition) is 0. The van der Waals surface area contributed by atoms with Gasteiger partial charge < -0.3 is 4.90 Å². The molecule has 1 nitrogen and oxygen atoms in total. The molecule has 2 aliphatic rings. The van der Waals surface area contributed by atoms with E-state index in [0.29, 0.717) is 0 Å². The van der Waals surface area contributed by atoms with Gasteiger partial charge in [0.2, 0.25) is 0 Å². The first-order valence-corrected chi connectivity index (χ1v) is 6.56. The van der Waals surface area contributed by atoms with Crippen molar-refractivity contribution >= 4 is 17.2 Å². The molecule has 2 heteroatoms. The van der Waals surface area contributed by atoms with Crippen molar-refractivity contribution in [2.75, 3.05) is 0 Å². The number of nitrogens with zero attached hydrogens (tertiary/aromatic N) is 1. The van der Waals surface area contributed by atoms with Gasteiger partial charge in [0.15, 0.2) is 0 Å². The van der Waals surface area contributed by atoms with Gasteiger partial charge in [0.1, 0.15) is 4.99 Å². The molecular weight excluding hydrogens is 214 g/mol. The Labute approximate surface area is 102 Å². The minimum atomic E-state index is 0.735. The van der Waals surface area contributed by atoms with Gasteiger partial charge in [-0.05, 0) is 32.6 Å². The van der Waals surface area contributed by atoms with Crippen molar-refractivity contribution < 1.29 is 0 Å². The summed E-state index contributed by atoms with van der Waals surface area (Å²) in [6.45, 7) is 2.12. The monoisotopic (exact) mass is 231 g/mol. The van der Waals surface area contributed by atoms with Gasteiger partial charge in [0.05, 0.1) is 0 Å². The summed E-state index contributed by atoms with van der Waals surface area (Å²) in [7, 11) is 0. The van der Waals surface area contributed by atoms with Gasteiger partial charge in [0, 0.05) is 17.6 Å². The fraction of sp³-hybridized carbons (Fsp3) is 0.500. The second-order valence-electron chi connectivity index (χ2n) is 5.04. The van der Waals surface area contributed by atoms with Crippen molar-refractivity contribution in [1.29, 1.82) is 0 Å². The molecule has 84 valence electrons. The van der Waals surface area contributed by atoms with Crippen molar-refractivity contribution in [1.82, 2.24) is 4.90 Å². The normalized spacial score (nSPS) is 27.4. The molecule has 0 atom stereocenters. The van der Waals surface area contributed by atoms with E-state index >= 15 is 0 Å². The van der Waals surface area contributed by atoms with Crippen LogP contribution in [0, 0.1) is 6.92 Å². The van der Waals surface area contributed by atoms with Gasteiger partial charge in [-0.1, -0.05) is 42.0 Å². The highest BCUT2D eigenvalue weighted by Crippen LogP contribution is 2.38. The number of aryl methyl sites for hydroxylation is 1. The molecule has 2 saturated heterocycles. The molecule has 0 saturated carbocycles. The summed E-state index contributed by atoms with van der Waals surface area (Å²) in [6, 6.07) is 10.1. The minimum absolute atomic E-state index is 0.735. The Morgan fingerprint density at radius 2 is 1.56 bits per heavy atom. The fourth-order valence-electron chi connectivity index (χ4n) is 3.09. The lowest BCUT2D eigenvalue weighted by molar-refractivity contribution is 0.407. The van der Waals surface area contributed by atoms with E-state index in [1.165, 1.54) is 36.8 Å². The molecule has 2 heterocycles. The van der Waals surface area contributed by atoms with Gasteiger partial charge in [-0.25, -0.2) is 0 Å². The summed E-state index contributed by atoms with van der Waals surface area (Å²) in [5.74, 6) is 0. The van der Waals surface area contributed by atoms with Gasteiger partial charge in [-0.3, -0.25) is 0 Å². The third kappa shape index (κ3) is 1.56. The number of benzene rings is 1. The summed E-state index contributed by atoms with van der Waals surface area (Å²) in [4.78, 5) is 3.57. The van der Waals surface area contributed by atoms with Crippen LogP contribution in [0.3, 0.4) is 0 Å². The predicted molar refractivity (Wildman–Crippen MR) is 70.8 cm³/mol. The van der Waals surface area contributed by atoms with Crippen molar-refractivity contribution in [3.05, 3.63) is 35.4 Å². The summed E-state index contributed by atoms with van der Waals surface area (Å²) < 4.78 is 0. The van der Waals surface area contributed by atoms with E-state index < -0.39 is 0 Å². The Kier molecular flexibility index (Phi) is 2.47. The molecule has 0 aliphatic carbocycles. The Morgan fingerprint density at radius 1 is 1.06 bits per heavy atom. The van der Waals surface area contributed by atoms with Gasteiger partial charge in [0.25, 0.3) is 0 Å².